The summed E-state index contributed by atoms with van der Waals surface area (Å²) in [5, 5.41) is 1.24. The zero-order valence-corrected chi connectivity index (χ0v) is 11.9. The molecule has 0 aliphatic heterocycles. The summed E-state index contributed by atoms with van der Waals surface area (Å²) < 4.78 is 4.55. The summed E-state index contributed by atoms with van der Waals surface area (Å²) in [4.78, 5) is 12.7. The molecule has 6 heteroatoms. The molecule has 0 fully saturated rings. The van der Waals surface area contributed by atoms with Crippen molar-refractivity contribution in [1.82, 2.24) is 0 Å². The summed E-state index contributed by atoms with van der Waals surface area (Å²) in [5.74, 6) is -0.0586. The molecule has 16 heavy (non-hydrogen) atoms. The van der Waals surface area contributed by atoms with Crippen molar-refractivity contribution in [2.45, 2.75) is 9.79 Å². The smallest absolute Gasteiger partial charge is 0.315 e. The van der Waals surface area contributed by atoms with Gasteiger partial charge >= 0.3 is 5.97 Å². The topological polar surface area (TPSA) is 26.3 Å². The fraction of sp³-hybridized carbons (Fsp3) is 0.300. The number of carbonyl (C=O) groups excluding carboxylic acids is 1. The van der Waals surface area contributed by atoms with Crippen molar-refractivity contribution in [3.63, 3.8) is 0 Å². The monoisotopic (exact) mass is 296 g/mol. The molecule has 0 aliphatic rings. The molecule has 1 aromatic rings. The van der Waals surface area contributed by atoms with Crippen molar-refractivity contribution in [3.05, 3.63) is 22.2 Å². The molecule has 0 heterocycles. The molecule has 0 N–H and O–H groups in total. The Balaban J connectivity index is 2.81. The van der Waals surface area contributed by atoms with Crippen LogP contribution in [0.2, 0.25) is 10.0 Å². The predicted molar refractivity (Wildman–Crippen MR) is 71.0 cm³/mol. The maximum Gasteiger partial charge on any atom is 0.315 e. The average molecular weight is 297 g/mol. The van der Waals surface area contributed by atoms with Gasteiger partial charge in [0.1, 0.15) is 0 Å². The Morgan fingerprint density at radius 3 is 2.44 bits per heavy atom. The molecule has 0 atom stereocenters. The Bertz CT molecular complexity index is 397. The van der Waals surface area contributed by atoms with E-state index in [0.29, 0.717) is 10.0 Å². The SMILES string of the molecule is COC(=O)CSc1cc(Cl)c(SC)cc1Cl. The lowest BCUT2D eigenvalue weighted by Crippen LogP contribution is -2.02. The minimum Gasteiger partial charge on any atom is -0.468 e. The molecule has 0 saturated carbocycles. The Kier molecular flexibility index (Phi) is 5.83. The second kappa shape index (κ2) is 6.64. The zero-order chi connectivity index (χ0) is 12.1. The van der Waals surface area contributed by atoms with Crippen molar-refractivity contribution in [2.24, 2.45) is 0 Å². The summed E-state index contributed by atoms with van der Waals surface area (Å²) in [7, 11) is 1.36. The van der Waals surface area contributed by atoms with Gasteiger partial charge in [-0.2, -0.15) is 0 Å². The van der Waals surface area contributed by atoms with Crippen LogP contribution in [0.5, 0.6) is 0 Å². The van der Waals surface area contributed by atoms with Crippen LogP contribution in [-0.2, 0) is 9.53 Å². The van der Waals surface area contributed by atoms with E-state index in [2.05, 4.69) is 4.74 Å². The fourth-order valence-corrected chi connectivity index (χ4v) is 3.10. The van der Waals surface area contributed by atoms with Crippen molar-refractivity contribution in [1.29, 1.82) is 0 Å². The summed E-state index contributed by atoms with van der Waals surface area (Å²) in [6.45, 7) is 0. The van der Waals surface area contributed by atoms with Gasteiger partial charge in [0.25, 0.3) is 0 Å². The third-order valence-electron chi connectivity index (χ3n) is 1.78. The largest absolute Gasteiger partial charge is 0.468 e. The highest BCUT2D eigenvalue weighted by molar-refractivity contribution is 8.00. The van der Waals surface area contributed by atoms with Crippen molar-refractivity contribution in [2.75, 3.05) is 19.1 Å². The molecule has 1 aromatic carbocycles. The molecule has 0 bridgehead atoms. The first kappa shape index (κ1) is 14.0. The first-order valence-corrected chi connectivity index (χ1v) is 7.27. The Hall–Kier alpha value is -0.0300. The van der Waals surface area contributed by atoms with Gasteiger partial charge in [-0.25, -0.2) is 0 Å². The number of methoxy groups -OCH3 is 1. The molecule has 0 unspecified atom stereocenters. The Morgan fingerprint density at radius 2 is 1.88 bits per heavy atom. The second-order valence-corrected chi connectivity index (χ2v) is 5.46. The van der Waals surface area contributed by atoms with Crippen LogP contribution in [0.4, 0.5) is 0 Å². The fourth-order valence-electron chi connectivity index (χ4n) is 0.973. The van der Waals surface area contributed by atoms with E-state index in [-0.39, 0.29) is 11.7 Å². The number of hydrogen-bond donors (Lipinski definition) is 0. The molecule has 0 aromatic heterocycles. The number of esters is 1. The number of hydrogen-bond acceptors (Lipinski definition) is 4. The number of thioether (sulfide) groups is 2. The lowest BCUT2D eigenvalue weighted by Gasteiger charge is -2.07. The van der Waals surface area contributed by atoms with Crippen molar-refractivity contribution in [3.8, 4) is 0 Å². The summed E-state index contributed by atoms with van der Waals surface area (Å²) in [6, 6.07) is 3.57. The third kappa shape index (κ3) is 3.77. The summed E-state index contributed by atoms with van der Waals surface area (Å²) in [6.07, 6.45) is 1.93. The molecular formula is C10H10Cl2O2S2. The zero-order valence-electron chi connectivity index (χ0n) is 8.75. The van der Waals surface area contributed by atoms with Crippen molar-refractivity contribution >= 4 is 52.7 Å². The standard InChI is InChI=1S/C10H10Cl2O2S2/c1-14-10(13)5-16-9-4-6(11)8(15-2)3-7(9)12/h3-4H,5H2,1-2H3. The number of benzene rings is 1. The normalized spacial score (nSPS) is 10.2. The van der Waals surface area contributed by atoms with Crippen LogP contribution in [-0.4, -0.2) is 25.1 Å². The highest BCUT2D eigenvalue weighted by Crippen LogP contribution is 2.36. The summed E-state index contributed by atoms with van der Waals surface area (Å²) >= 11 is 14.9. The van der Waals surface area contributed by atoms with Gasteiger partial charge in [-0.05, 0) is 18.4 Å². The van der Waals surface area contributed by atoms with E-state index < -0.39 is 0 Å². The quantitative estimate of drug-likeness (QED) is 0.620. The van der Waals surface area contributed by atoms with E-state index >= 15 is 0 Å². The number of ether oxygens (including phenoxy) is 1. The lowest BCUT2D eigenvalue weighted by atomic mass is 10.3. The molecule has 2 nitrogen and oxygen atoms in total. The first-order valence-electron chi connectivity index (χ1n) is 4.31. The van der Waals surface area contributed by atoms with Gasteiger partial charge in [-0.3, -0.25) is 4.79 Å². The van der Waals surface area contributed by atoms with Crippen LogP contribution in [0.25, 0.3) is 0 Å². The molecule has 0 amide bonds. The summed E-state index contributed by atoms with van der Waals surface area (Å²) in [5.41, 5.74) is 0. The molecule has 88 valence electrons. The lowest BCUT2D eigenvalue weighted by molar-refractivity contribution is -0.137. The Morgan fingerprint density at radius 1 is 1.31 bits per heavy atom. The van der Waals surface area contributed by atoms with Crippen LogP contribution in [0.15, 0.2) is 21.9 Å². The average Bonchev–Trinajstić information content (AvgIpc) is 2.29. The van der Waals surface area contributed by atoms with Gasteiger partial charge in [0.15, 0.2) is 0 Å². The maximum atomic E-state index is 11.0. The van der Waals surface area contributed by atoms with E-state index in [1.54, 1.807) is 12.1 Å². The number of carbonyl (C=O) groups is 1. The van der Waals surface area contributed by atoms with E-state index in [9.17, 15) is 4.79 Å². The van der Waals surface area contributed by atoms with Crippen LogP contribution in [0.3, 0.4) is 0 Å². The van der Waals surface area contributed by atoms with Gasteiger partial charge in [0.2, 0.25) is 0 Å². The molecule has 0 radical (unpaired) electrons. The van der Waals surface area contributed by atoms with E-state index in [1.165, 1.54) is 30.6 Å². The van der Waals surface area contributed by atoms with E-state index in [1.807, 2.05) is 6.26 Å². The van der Waals surface area contributed by atoms with Crippen LogP contribution in [0.1, 0.15) is 0 Å². The van der Waals surface area contributed by atoms with Crippen LogP contribution < -0.4 is 0 Å². The second-order valence-electron chi connectivity index (χ2n) is 2.78. The van der Waals surface area contributed by atoms with Gasteiger partial charge in [-0.1, -0.05) is 23.2 Å². The molecular weight excluding hydrogens is 287 g/mol. The van der Waals surface area contributed by atoms with E-state index in [4.69, 9.17) is 23.2 Å². The maximum absolute atomic E-state index is 11.0. The Labute approximate surface area is 113 Å². The molecule has 0 saturated heterocycles. The predicted octanol–water partition coefficient (Wildman–Crippen LogP) is 3.98. The van der Waals surface area contributed by atoms with Crippen molar-refractivity contribution < 1.29 is 9.53 Å². The van der Waals surface area contributed by atoms with Gasteiger partial charge < -0.3 is 4.74 Å². The van der Waals surface area contributed by atoms with Crippen LogP contribution in [0, 0.1) is 0 Å². The van der Waals surface area contributed by atoms with E-state index in [0.717, 1.165) is 9.79 Å². The third-order valence-corrected chi connectivity index (χ3v) is 4.44. The first-order chi connectivity index (χ1) is 7.58. The molecule has 0 aliphatic carbocycles. The minimum absolute atomic E-state index is 0.227. The van der Waals surface area contributed by atoms with Gasteiger partial charge in [0, 0.05) is 9.79 Å². The highest BCUT2D eigenvalue weighted by Gasteiger charge is 2.09. The number of halogens is 2. The van der Waals surface area contributed by atoms with Gasteiger partial charge in [0.05, 0.1) is 22.9 Å². The molecule has 0 spiro atoms. The number of rotatable bonds is 4. The van der Waals surface area contributed by atoms with Crippen LogP contribution >= 0.6 is 46.7 Å². The molecule has 1 rings (SSSR count). The minimum atomic E-state index is -0.286. The van der Waals surface area contributed by atoms with Gasteiger partial charge in [-0.15, -0.1) is 23.5 Å². The highest BCUT2D eigenvalue weighted by atomic mass is 35.5.